The normalized spacial score (nSPS) is 10.4. The maximum Gasteiger partial charge on any atom is 0.268 e. The molecule has 0 saturated carbocycles. The number of nitrogens with zero attached hydrogens (tertiary/aromatic N) is 2. The van der Waals surface area contributed by atoms with Crippen molar-refractivity contribution in [1.29, 1.82) is 5.26 Å². The van der Waals surface area contributed by atoms with E-state index in [1.807, 2.05) is 0 Å². The van der Waals surface area contributed by atoms with Crippen LogP contribution in [-0.4, -0.2) is 4.98 Å². The first kappa shape index (κ1) is 11.5. The fraction of sp³-hybridized carbons (Fsp3) is 0.333. The van der Waals surface area contributed by atoms with Gasteiger partial charge in [0.2, 0.25) is 0 Å². The molecular weight excluding hydrogens is 207 g/mol. The molecule has 0 radical (unpaired) electrons. The van der Waals surface area contributed by atoms with Crippen molar-refractivity contribution in [2.24, 2.45) is 5.73 Å². The van der Waals surface area contributed by atoms with Gasteiger partial charge in [0, 0.05) is 18.3 Å². The van der Waals surface area contributed by atoms with Crippen molar-refractivity contribution in [2.45, 2.75) is 19.4 Å². The SMILES string of the molecule is N#CCc1c(CN)ncc(C(F)F)c1F. The summed E-state index contributed by atoms with van der Waals surface area (Å²) in [6.07, 6.45) is -2.50. The minimum absolute atomic E-state index is 0.0859. The summed E-state index contributed by atoms with van der Waals surface area (Å²) in [7, 11) is 0. The van der Waals surface area contributed by atoms with Crippen LogP contribution in [-0.2, 0) is 13.0 Å². The molecular formula is C9H8F3N3. The van der Waals surface area contributed by atoms with E-state index in [2.05, 4.69) is 4.98 Å². The van der Waals surface area contributed by atoms with Crippen molar-refractivity contribution in [1.82, 2.24) is 4.98 Å². The van der Waals surface area contributed by atoms with Gasteiger partial charge in [-0.15, -0.1) is 0 Å². The van der Waals surface area contributed by atoms with Gasteiger partial charge in [-0.3, -0.25) is 4.98 Å². The van der Waals surface area contributed by atoms with E-state index in [1.165, 1.54) is 0 Å². The molecule has 0 fully saturated rings. The minimum Gasteiger partial charge on any atom is -0.325 e. The molecule has 0 aliphatic carbocycles. The molecule has 0 aromatic carbocycles. The number of rotatable bonds is 3. The first-order valence-corrected chi connectivity index (χ1v) is 4.13. The van der Waals surface area contributed by atoms with Crippen molar-refractivity contribution in [2.75, 3.05) is 0 Å². The number of hydrogen-bond acceptors (Lipinski definition) is 3. The lowest BCUT2D eigenvalue weighted by atomic mass is 10.1. The Labute approximate surface area is 84.3 Å². The van der Waals surface area contributed by atoms with Gasteiger partial charge in [0.15, 0.2) is 0 Å². The topological polar surface area (TPSA) is 62.7 Å². The summed E-state index contributed by atoms with van der Waals surface area (Å²) in [4.78, 5) is 3.60. The highest BCUT2D eigenvalue weighted by Gasteiger charge is 2.19. The Kier molecular flexibility index (Phi) is 3.63. The first-order valence-electron chi connectivity index (χ1n) is 4.13. The molecule has 1 aromatic heterocycles. The zero-order valence-corrected chi connectivity index (χ0v) is 7.67. The molecule has 0 bridgehead atoms. The van der Waals surface area contributed by atoms with E-state index in [-0.39, 0.29) is 24.2 Å². The molecule has 0 atom stereocenters. The zero-order chi connectivity index (χ0) is 11.4. The van der Waals surface area contributed by atoms with Crippen molar-refractivity contribution < 1.29 is 13.2 Å². The third-order valence-corrected chi connectivity index (χ3v) is 1.91. The third kappa shape index (κ3) is 2.25. The van der Waals surface area contributed by atoms with Gasteiger partial charge in [-0.05, 0) is 0 Å². The molecule has 2 N–H and O–H groups in total. The van der Waals surface area contributed by atoms with Crippen LogP contribution in [0, 0.1) is 17.1 Å². The lowest BCUT2D eigenvalue weighted by Crippen LogP contribution is -2.09. The molecule has 1 rings (SSSR count). The van der Waals surface area contributed by atoms with Gasteiger partial charge in [-0.25, -0.2) is 13.2 Å². The van der Waals surface area contributed by atoms with Crippen LogP contribution < -0.4 is 5.73 Å². The van der Waals surface area contributed by atoms with Gasteiger partial charge in [-0.1, -0.05) is 0 Å². The summed E-state index contributed by atoms with van der Waals surface area (Å²) in [5, 5.41) is 8.42. The number of halogens is 3. The highest BCUT2D eigenvalue weighted by Crippen LogP contribution is 2.24. The van der Waals surface area contributed by atoms with Crippen LogP contribution in [0.3, 0.4) is 0 Å². The van der Waals surface area contributed by atoms with Gasteiger partial charge < -0.3 is 5.73 Å². The highest BCUT2D eigenvalue weighted by molar-refractivity contribution is 5.30. The maximum absolute atomic E-state index is 13.4. The maximum atomic E-state index is 13.4. The number of alkyl halides is 2. The van der Waals surface area contributed by atoms with Gasteiger partial charge in [0.25, 0.3) is 6.43 Å². The van der Waals surface area contributed by atoms with Gasteiger partial charge >= 0.3 is 0 Å². The lowest BCUT2D eigenvalue weighted by molar-refractivity contribution is 0.145. The highest BCUT2D eigenvalue weighted by atomic mass is 19.3. The predicted molar refractivity (Wildman–Crippen MR) is 46.4 cm³/mol. The molecule has 1 heterocycles. The van der Waals surface area contributed by atoms with Gasteiger partial charge in [0.05, 0.1) is 23.7 Å². The summed E-state index contributed by atoms with van der Waals surface area (Å²) >= 11 is 0. The van der Waals surface area contributed by atoms with Crippen LogP contribution in [0.5, 0.6) is 0 Å². The molecule has 0 spiro atoms. The molecule has 0 amide bonds. The second-order valence-corrected chi connectivity index (χ2v) is 2.79. The molecule has 0 aliphatic rings. The van der Waals surface area contributed by atoms with Crippen LogP contribution in [0.4, 0.5) is 13.2 Å². The Balaban J connectivity index is 3.30. The summed E-state index contributed by atoms with van der Waals surface area (Å²) in [5.41, 5.74) is 4.45. The van der Waals surface area contributed by atoms with E-state index in [0.717, 1.165) is 6.20 Å². The van der Waals surface area contributed by atoms with E-state index in [1.54, 1.807) is 6.07 Å². The van der Waals surface area contributed by atoms with Crippen LogP contribution in [0.1, 0.15) is 23.2 Å². The number of pyridine rings is 1. The molecule has 0 unspecified atom stereocenters. The average Bonchev–Trinajstić information content (AvgIpc) is 2.20. The molecule has 15 heavy (non-hydrogen) atoms. The zero-order valence-electron chi connectivity index (χ0n) is 7.67. The average molecular weight is 215 g/mol. The van der Waals surface area contributed by atoms with Crippen molar-refractivity contribution in [3.8, 4) is 6.07 Å². The van der Waals surface area contributed by atoms with Gasteiger partial charge in [0.1, 0.15) is 5.82 Å². The quantitative estimate of drug-likeness (QED) is 0.834. The van der Waals surface area contributed by atoms with E-state index >= 15 is 0 Å². The van der Waals surface area contributed by atoms with Crippen LogP contribution in [0.25, 0.3) is 0 Å². The van der Waals surface area contributed by atoms with E-state index in [4.69, 9.17) is 11.0 Å². The number of nitriles is 1. The molecule has 80 valence electrons. The monoisotopic (exact) mass is 215 g/mol. The first-order chi connectivity index (χ1) is 7.11. The Morgan fingerprint density at radius 1 is 1.53 bits per heavy atom. The fourth-order valence-corrected chi connectivity index (χ4v) is 1.17. The van der Waals surface area contributed by atoms with Crippen LogP contribution >= 0.6 is 0 Å². The van der Waals surface area contributed by atoms with Crippen molar-refractivity contribution in [3.63, 3.8) is 0 Å². The van der Waals surface area contributed by atoms with Crippen LogP contribution in [0.2, 0.25) is 0 Å². The van der Waals surface area contributed by atoms with Crippen molar-refractivity contribution in [3.05, 3.63) is 28.8 Å². The summed E-state index contributed by atoms with van der Waals surface area (Å²) in [6.45, 7) is -0.0859. The number of nitrogens with two attached hydrogens (primary N) is 1. The van der Waals surface area contributed by atoms with Crippen LogP contribution in [0.15, 0.2) is 6.20 Å². The van der Waals surface area contributed by atoms with E-state index in [9.17, 15) is 13.2 Å². The summed E-state index contributed by atoms with van der Waals surface area (Å²) in [6, 6.07) is 1.69. The van der Waals surface area contributed by atoms with Crippen molar-refractivity contribution >= 4 is 0 Å². The molecule has 0 aliphatic heterocycles. The fourth-order valence-electron chi connectivity index (χ4n) is 1.17. The molecule has 3 nitrogen and oxygen atoms in total. The molecule has 0 saturated heterocycles. The summed E-state index contributed by atoms with van der Waals surface area (Å²) in [5.74, 6) is -1.08. The molecule has 1 aromatic rings. The predicted octanol–water partition coefficient (Wildman–Crippen LogP) is 1.68. The number of hydrogen-bond donors (Lipinski definition) is 1. The smallest absolute Gasteiger partial charge is 0.268 e. The van der Waals surface area contributed by atoms with Gasteiger partial charge in [-0.2, -0.15) is 5.26 Å². The second kappa shape index (κ2) is 4.75. The van der Waals surface area contributed by atoms with E-state index < -0.39 is 17.8 Å². The Hall–Kier alpha value is -1.61. The Morgan fingerprint density at radius 3 is 2.67 bits per heavy atom. The second-order valence-electron chi connectivity index (χ2n) is 2.79. The third-order valence-electron chi connectivity index (χ3n) is 1.91. The summed E-state index contributed by atoms with van der Waals surface area (Å²) < 4.78 is 38.0. The minimum atomic E-state index is -2.94. The Bertz CT molecular complexity index is 398. The Morgan fingerprint density at radius 2 is 2.20 bits per heavy atom. The number of aromatic nitrogens is 1. The largest absolute Gasteiger partial charge is 0.325 e. The standard InChI is InChI=1S/C9H8F3N3/c10-8-5(1-2-13)7(3-14)15-4-6(8)9(11)12/h4,9H,1,3,14H2. The molecule has 6 heteroatoms. The lowest BCUT2D eigenvalue weighted by Gasteiger charge is -2.08. The van der Waals surface area contributed by atoms with E-state index in [0.29, 0.717) is 0 Å².